The molecule has 0 fully saturated rings. The van der Waals surface area contributed by atoms with Gasteiger partial charge in [0.15, 0.2) is 5.16 Å². The van der Waals surface area contributed by atoms with Crippen LogP contribution in [0.1, 0.15) is 29.9 Å². The molecule has 104 valence electrons. The molecule has 1 unspecified atom stereocenters. The molecule has 1 aromatic carbocycles. The van der Waals surface area contributed by atoms with Gasteiger partial charge in [-0.05, 0) is 36.3 Å². The number of nitrogens with zero attached hydrogens (tertiary/aromatic N) is 2. The summed E-state index contributed by atoms with van der Waals surface area (Å²) >= 11 is 1.64. The molecule has 4 N–H and O–H groups in total. The van der Waals surface area contributed by atoms with Crippen molar-refractivity contribution in [2.24, 2.45) is 0 Å². The second kappa shape index (κ2) is 5.71. The van der Waals surface area contributed by atoms with Crippen LogP contribution in [-0.4, -0.2) is 15.7 Å². The largest absolute Gasteiger partial charge is 0.383 e. The van der Waals surface area contributed by atoms with E-state index in [-0.39, 0.29) is 0 Å². The van der Waals surface area contributed by atoms with Crippen molar-refractivity contribution in [3.63, 3.8) is 0 Å². The molecule has 0 bridgehead atoms. The summed E-state index contributed by atoms with van der Waals surface area (Å²) < 4.78 is 0. The Morgan fingerprint density at radius 2 is 1.90 bits per heavy atom. The Hall–Kier alpha value is -1.75. The first-order valence-electron chi connectivity index (χ1n) is 6.83. The number of aryl methyl sites for hydroxylation is 1. The number of aromatic nitrogens is 2. The van der Waals surface area contributed by atoms with E-state index in [4.69, 9.17) is 11.5 Å². The highest BCUT2D eigenvalue weighted by Crippen LogP contribution is 2.35. The smallest absolute Gasteiger partial charge is 0.191 e. The van der Waals surface area contributed by atoms with E-state index in [9.17, 15) is 0 Å². The lowest BCUT2D eigenvalue weighted by Gasteiger charge is -2.24. The molecule has 0 spiro atoms. The van der Waals surface area contributed by atoms with Crippen molar-refractivity contribution in [2.45, 2.75) is 30.3 Å². The van der Waals surface area contributed by atoms with Crippen LogP contribution in [0.5, 0.6) is 0 Å². The van der Waals surface area contributed by atoms with E-state index < -0.39 is 0 Å². The van der Waals surface area contributed by atoms with Gasteiger partial charge in [-0.15, -0.1) is 0 Å². The first kappa shape index (κ1) is 13.2. The van der Waals surface area contributed by atoms with E-state index in [0.29, 0.717) is 22.7 Å². The second-order valence-electron chi connectivity index (χ2n) is 5.10. The molecule has 1 aromatic heterocycles. The fourth-order valence-corrected chi connectivity index (χ4v) is 3.77. The molecule has 1 aliphatic rings. The highest BCUT2D eigenvalue weighted by molar-refractivity contribution is 7.99. The summed E-state index contributed by atoms with van der Waals surface area (Å²) in [7, 11) is 0. The standard InChI is InChI=1S/C15H18N4S/c16-13-8-14(17)19-15(18-13)20-9-11-6-3-5-10-4-1-2-7-12(10)11/h1-2,4,7-8,11H,3,5-6,9H2,(H4,16,17,18,19). The number of nitrogen functional groups attached to an aromatic ring is 2. The van der Waals surface area contributed by atoms with Crippen LogP contribution in [0.4, 0.5) is 11.6 Å². The Morgan fingerprint density at radius 3 is 2.70 bits per heavy atom. The molecule has 0 saturated heterocycles. The van der Waals surface area contributed by atoms with Crippen LogP contribution in [-0.2, 0) is 6.42 Å². The Bertz CT molecular complexity index is 594. The van der Waals surface area contributed by atoms with Gasteiger partial charge in [0.25, 0.3) is 0 Å². The number of nitrogens with two attached hydrogens (primary N) is 2. The Morgan fingerprint density at radius 1 is 1.15 bits per heavy atom. The van der Waals surface area contributed by atoms with Crippen LogP contribution in [0.3, 0.4) is 0 Å². The van der Waals surface area contributed by atoms with Crippen molar-refractivity contribution in [3.05, 3.63) is 41.5 Å². The van der Waals surface area contributed by atoms with Gasteiger partial charge in [0.05, 0.1) is 0 Å². The maximum absolute atomic E-state index is 5.70. The highest BCUT2D eigenvalue weighted by atomic mass is 32.2. The summed E-state index contributed by atoms with van der Waals surface area (Å²) in [4.78, 5) is 8.45. The van der Waals surface area contributed by atoms with Crippen LogP contribution in [0.25, 0.3) is 0 Å². The second-order valence-corrected chi connectivity index (χ2v) is 6.09. The fraction of sp³-hybridized carbons (Fsp3) is 0.333. The van der Waals surface area contributed by atoms with Gasteiger partial charge in [-0.2, -0.15) is 0 Å². The van der Waals surface area contributed by atoms with Gasteiger partial charge >= 0.3 is 0 Å². The maximum atomic E-state index is 5.70. The van der Waals surface area contributed by atoms with Gasteiger partial charge < -0.3 is 11.5 Å². The average Bonchev–Trinajstić information content (AvgIpc) is 2.44. The minimum Gasteiger partial charge on any atom is -0.383 e. The fourth-order valence-electron chi connectivity index (χ4n) is 2.73. The molecule has 1 heterocycles. The molecule has 1 atom stereocenters. The van der Waals surface area contributed by atoms with Gasteiger partial charge in [0, 0.05) is 11.8 Å². The zero-order valence-electron chi connectivity index (χ0n) is 11.2. The monoisotopic (exact) mass is 286 g/mol. The van der Waals surface area contributed by atoms with E-state index in [2.05, 4.69) is 34.2 Å². The lowest BCUT2D eigenvalue weighted by Crippen LogP contribution is -2.12. The number of hydrogen-bond acceptors (Lipinski definition) is 5. The molecule has 0 saturated carbocycles. The van der Waals surface area contributed by atoms with Crippen LogP contribution in [0.2, 0.25) is 0 Å². The minimum atomic E-state index is 0.434. The summed E-state index contributed by atoms with van der Waals surface area (Å²) in [5, 5.41) is 0.672. The van der Waals surface area contributed by atoms with Gasteiger partial charge in [-0.3, -0.25) is 0 Å². The van der Waals surface area contributed by atoms with E-state index in [1.165, 1.54) is 30.4 Å². The maximum Gasteiger partial charge on any atom is 0.191 e. The van der Waals surface area contributed by atoms with Gasteiger partial charge in [0.2, 0.25) is 0 Å². The first-order valence-corrected chi connectivity index (χ1v) is 7.81. The number of anilines is 2. The third-order valence-electron chi connectivity index (χ3n) is 3.65. The molecule has 4 nitrogen and oxygen atoms in total. The van der Waals surface area contributed by atoms with Crippen LogP contribution in [0.15, 0.2) is 35.5 Å². The molecule has 0 aliphatic heterocycles. The van der Waals surface area contributed by atoms with E-state index in [1.807, 2.05) is 0 Å². The predicted molar refractivity (Wildman–Crippen MR) is 83.7 cm³/mol. The Balaban J connectivity index is 1.73. The third-order valence-corrected chi connectivity index (χ3v) is 4.66. The first-order chi connectivity index (χ1) is 9.72. The Labute approximate surface area is 123 Å². The lowest BCUT2D eigenvalue weighted by atomic mass is 9.84. The normalized spacial score (nSPS) is 17.7. The molecule has 1 aliphatic carbocycles. The number of rotatable bonds is 3. The molecule has 20 heavy (non-hydrogen) atoms. The molecule has 5 heteroatoms. The van der Waals surface area contributed by atoms with Gasteiger partial charge in [-0.25, -0.2) is 9.97 Å². The van der Waals surface area contributed by atoms with E-state index in [1.54, 1.807) is 17.8 Å². The van der Waals surface area contributed by atoms with Gasteiger partial charge in [0.1, 0.15) is 11.6 Å². The number of hydrogen-bond donors (Lipinski definition) is 2. The van der Waals surface area contributed by atoms with E-state index in [0.717, 1.165) is 5.75 Å². The molecule has 3 rings (SSSR count). The van der Waals surface area contributed by atoms with Crippen molar-refractivity contribution in [1.82, 2.24) is 9.97 Å². The number of benzene rings is 1. The topological polar surface area (TPSA) is 77.8 Å². The van der Waals surface area contributed by atoms with Crippen LogP contribution in [0, 0.1) is 0 Å². The molecule has 0 amide bonds. The zero-order valence-corrected chi connectivity index (χ0v) is 12.1. The van der Waals surface area contributed by atoms with E-state index >= 15 is 0 Å². The Kier molecular flexibility index (Phi) is 3.78. The SMILES string of the molecule is Nc1cc(N)nc(SCC2CCCc3ccccc32)n1. The lowest BCUT2D eigenvalue weighted by molar-refractivity contribution is 0.596. The number of fused-ring (bicyclic) bond motifs is 1. The third kappa shape index (κ3) is 2.88. The summed E-state index contributed by atoms with van der Waals surface area (Å²) in [6, 6.07) is 10.3. The van der Waals surface area contributed by atoms with Crippen molar-refractivity contribution in [3.8, 4) is 0 Å². The summed E-state index contributed by atoms with van der Waals surface area (Å²) in [6.07, 6.45) is 3.67. The van der Waals surface area contributed by atoms with Crippen LogP contribution >= 0.6 is 11.8 Å². The zero-order chi connectivity index (χ0) is 13.9. The van der Waals surface area contributed by atoms with Crippen molar-refractivity contribution in [1.29, 1.82) is 0 Å². The van der Waals surface area contributed by atoms with Crippen molar-refractivity contribution in [2.75, 3.05) is 17.2 Å². The van der Waals surface area contributed by atoms with Crippen LogP contribution < -0.4 is 11.5 Å². The molecular formula is C15H18N4S. The van der Waals surface area contributed by atoms with Gasteiger partial charge in [-0.1, -0.05) is 36.0 Å². The highest BCUT2D eigenvalue weighted by Gasteiger charge is 2.20. The quantitative estimate of drug-likeness (QED) is 0.670. The molecular weight excluding hydrogens is 268 g/mol. The predicted octanol–water partition coefficient (Wildman–Crippen LogP) is 2.85. The average molecular weight is 286 g/mol. The summed E-state index contributed by atoms with van der Waals surface area (Å²) in [5.41, 5.74) is 14.4. The molecule has 0 radical (unpaired) electrons. The van der Waals surface area contributed by atoms with Crippen molar-refractivity contribution < 1.29 is 0 Å². The minimum absolute atomic E-state index is 0.434. The number of thioether (sulfide) groups is 1. The van der Waals surface area contributed by atoms with Crippen molar-refractivity contribution >= 4 is 23.4 Å². The molecule has 2 aromatic rings. The summed E-state index contributed by atoms with van der Waals surface area (Å²) in [5.74, 6) is 2.41. The summed E-state index contributed by atoms with van der Waals surface area (Å²) in [6.45, 7) is 0.